The van der Waals surface area contributed by atoms with Crippen LogP contribution in [0.3, 0.4) is 0 Å². The van der Waals surface area contributed by atoms with Crippen LogP contribution < -0.4 is 5.32 Å². The maximum Gasteiger partial charge on any atom is 0.184 e. The van der Waals surface area contributed by atoms with Crippen LogP contribution in [-0.2, 0) is 6.54 Å². The standard InChI is InChI=1S/C16H17ClN6/c17-13-8-4-1-5-11(13)9-23-16-14(21-22-23)15(18-10-19-16)20-12-6-2-3-7-12/h1,4-5,8,10,12H,2-3,6-7,9H2,(H,18,19,20). The Morgan fingerprint density at radius 1 is 1.17 bits per heavy atom. The molecule has 1 aromatic carbocycles. The predicted molar refractivity (Wildman–Crippen MR) is 89.6 cm³/mol. The van der Waals surface area contributed by atoms with Crippen molar-refractivity contribution < 1.29 is 0 Å². The summed E-state index contributed by atoms with van der Waals surface area (Å²) in [6, 6.07) is 8.20. The molecule has 0 amide bonds. The van der Waals surface area contributed by atoms with E-state index in [1.807, 2.05) is 24.3 Å². The summed E-state index contributed by atoms with van der Waals surface area (Å²) in [5.41, 5.74) is 2.43. The van der Waals surface area contributed by atoms with Crippen LogP contribution in [0.5, 0.6) is 0 Å². The second-order valence-corrected chi connectivity index (χ2v) is 6.27. The quantitative estimate of drug-likeness (QED) is 0.796. The summed E-state index contributed by atoms with van der Waals surface area (Å²) in [4.78, 5) is 8.69. The van der Waals surface area contributed by atoms with Crippen LogP contribution in [0.1, 0.15) is 31.2 Å². The fourth-order valence-corrected chi connectivity index (χ4v) is 3.25. The molecule has 0 atom stereocenters. The van der Waals surface area contributed by atoms with Crippen LogP contribution in [-0.4, -0.2) is 31.0 Å². The van der Waals surface area contributed by atoms with Crippen molar-refractivity contribution in [1.29, 1.82) is 0 Å². The molecule has 1 saturated carbocycles. The predicted octanol–water partition coefficient (Wildman–Crippen LogP) is 3.28. The minimum Gasteiger partial charge on any atom is -0.365 e. The summed E-state index contributed by atoms with van der Waals surface area (Å²) in [6.45, 7) is 0.538. The molecule has 1 aliphatic rings. The van der Waals surface area contributed by atoms with E-state index in [4.69, 9.17) is 11.6 Å². The molecule has 2 heterocycles. The lowest BCUT2D eigenvalue weighted by molar-refractivity contribution is 0.664. The second kappa shape index (κ2) is 6.12. The first-order valence-electron chi connectivity index (χ1n) is 7.85. The van der Waals surface area contributed by atoms with Gasteiger partial charge in [0.25, 0.3) is 0 Å². The smallest absolute Gasteiger partial charge is 0.184 e. The van der Waals surface area contributed by atoms with Crippen molar-refractivity contribution in [1.82, 2.24) is 25.0 Å². The maximum atomic E-state index is 6.23. The minimum absolute atomic E-state index is 0.474. The largest absolute Gasteiger partial charge is 0.365 e. The van der Waals surface area contributed by atoms with Gasteiger partial charge in [-0.3, -0.25) is 0 Å². The Kier molecular flexibility index (Phi) is 3.83. The van der Waals surface area contributed by atoms with E-state index >= 15 is 0 Å². The highest BCUT2D eigenvalue weighted by atomic mass is 35.5. The number of anilines is 1. The van der Waals surface area contributed by atoms with Crippen molar-refractivity contribution in [2.45, 2.75) is 38.3 Å². The Morgan fingerprint density at radius 3 is 2.83 bits per heavy atom. The lowest BCUT2D eigenvalue weighted by Crippen LogP contribution is -2.16. The Balaban J connectivity index is 1.65. The van der Waals surface area contributed by atoms with Crippen molar-refractivity contribution in [2.24, 2.45) is 0 Å². The number of fused-ring (bicyclic) bond motifs is 1. The van der Waals surface area contributed by atoms with Gasteiger partial charge < -0.3 is 5.32 Å². The van der Waals surface area contributed by atoms with E-state index in [-0.39, 0.29) is 0 Å². The van der Waals surface area contributed by atoms with E-state index in [1.165, 1.54) is 25.7 Å². The molecular weight excluding hydrogens is 312 g/mol. The highest BCUT2D eigenvalue weighted by Gasteiger charge is 2.18. The third-order valence-corrected chi connectivity index (χ3v) is 4.64. The van der Waals surface area contributed by atoms with E-state index < -0.39 is 0 Å². The van der Waals surface area contributed by atoms with Gasteiger partial charge in [0, 0.05) is 11.1 Å². The van der Waals surface area contributed by atoms with Gasteiger partial charge in [-0.25, -0.2) is 14.6 Å². The molecule has 3 aromatic rings. The molecule has 6 nitrogen and oxygen atoms in total. The lowest BCUT2D eigenvalue weighted by Gasteiger charge is -2.12. The number of nitrogens with zero attached hydrogens (tertiary/aromatic N) is 5. The molecular formula is C16H17ClN6. The number of aromatic nitrogens is 5. The molecule has 0 aliphatic heterocycles. The van der Waals surface area contributed by atoms with Gasteiger partial charge in [-0.2, -0.15) is 0 Å². The molecule has 0 bridgehead atoms. The maximum absolute atomic E-state index is 6.23. The summed E-state index contributed by atoms with van der Waals surface area (Å²) in [5.74, 6) is 0.771. The SMILES string of the molecule is Clc1ccccc1Cn1nnc2c(NC3CCCC3)ncnc21. The third kappa shape index (κ3) is 2.86. The van der Waals surface area contributed by atoms with Crippen molar-refractivity contribution >= 4 is 28.6 Å². The molecule has 2 aromatic heterocycles. The summed E-state index contributed by atoms with van der Waals surface area (Å²) in [5, 5.41) is 12.7. The number of nitrogens with one attached hydrogen (secondary N) is 1. The van der Waals surface area contributed by atoms with E-state index in [2.05, 4.69) is 25.6 Å². The van der Waals surface area contributed by atoms with Gasteiger partial charge in [-0.05, 0) is 24.5 Å². The van der Waals surface area contributed by atoms with Gasteiger partial charge in [-0.1, -0.05) is 47.9 Å². The van der Waals surface area contributed by atoms with Gasteiger partial charge >= 0.3 is 0 Å². The van der Waals surface area contributed by atoms with E-state index in [0.717, 1.165) is 22.1 Å². The van der Waals surface area contributed by atoms with Crippen LogP contribution in [0.4, 0.5) is 5.82 Å². The molecule has 1 N–H and O–H groups in total. The van der Waals surface area contributed by atoms with Gasteiger partial charge in [-0.15, -0.1) is 5.10 Å². The first-order valence-corrected chi connectivity index (χ1v) is 8.23. The summed E-state index contributed by atoms with van der Waals surface area (Å²) >= 11 is 6.23. The van der Waals surface area contributed by atoms with Gasteiger partial charge in [0.1, 0.15) is 6.33 Å². The zero-order valence-corrected chi connectivity index (χ0v) is 13.4. The molecule has 0 radical (unpaired) electrons. The van der Waals surface area contributed by atoms with E-state index in [1.54, 1.807) is 11.0 Å². The Bertz CT molecular complexity index is 824. The van der Waals surface area contributed by atoms with Crippen molar-refractivity contribution in [2.75, 3.05) is 5.32 Å². The first-order chi connectivity index (χ1) is 11.3. The highest BCUT2D eigenvalue weighted by Crippen LogP contribution is 2.25. The highest BCUT2D eigenvalue weighted by molar-refractivity contribution is 6.31. The first kappa shape index (κ1) is 14.4. The second-order valence-electron chi connectivity index (χ2n) is 5.86. The normalized spacial score (nSPS) is 15.3. The van der Waals surface area contributed by atoms with Crippen LogP contribution in [0.2, 0.25) is 5.02 Å². The molecule has 0 unspecified atom stereocenters. The van der Waals surface area contributed by atoms with Crippen molar-refractivity contribution in [3.63, 3.8) is 0 Å². The molecule has 1 fully saturated rings. The number of hydrogen-bond acceptors (Lipinski definition) is 5. The molecule has 0 spiro atoms. The molecule has 23 heavy (non-hydrogen) atoms. The topological polar surface area (TPSA) is 68.5 Å². The van der Waals surface area contributed by atoms with Crippen LogP contribution in [0, 0.1) is 0 Å². The molecule has 1 aliphatic carbocycles. The summed E-state index contributed by atoms with van der Waals surface area (Å²) in [6.07, 6.45) is 6.46. The number of rotatable bonds is 4. The Morgan fingerprint density at radius 2 is 2.00 bits per heavy atom. The molecule has 118 valence electrons. The van der Waals surface area contributed by atoms with Gasteiger partial charge in [0.05, 0.1) is 6.54 Å². The average molecular weight is 329 g/mol. The monoisotopic (exact) mass is 328 g/mol. The molecule has 7 heteroatoms. The van der Waals surface area contributed by atoms with Crippen LogP contribution >= 0.6 is 11.6 Å². The number of hydrogen-bond donors (Lipinski definition) is 1. The third-order valence-electron chi connectivity index (χ3n) is 4.27. The van der Waals surface area contributed by atoms with Crippen molar-refractivity contribution in [3.8, 4) is 0 Å². The number of halogens is 1. The zero-order valence-electron chi connectivity index (χ0n) is 12.6. The summed E-state index contributed by atoms with van der Waals surface area (Å²) in [7, 11) is 0. The number of benzene rings is 1. The van der Waals surface area contributed by atoms with E-state index in [0.29, 0.717) is 18.1 Å². The Hall–Kier alpha value is -2.21. The van der Waals surface area contributed by atoms with Crippen molar-refractivity contribution in [3.05, 3.63) is 41.2 Å². The minimum atomic E-state index is 0.474. The lowest BCUT2D eigenvalue weighted by atomic mass is 10.2. The molecule has 4 rings (SSSR count). The van der Waals surface area contributed by atoms with Crippen LogP contribution in [0.15, 0.2) is 30.6 Å². The fraction of sp³-hybridized carbons (Fsp3) is 0.375. The fourth-order valence-electron chi connectivity index (χ4n) is 3.06. The van der Waals surface area contributed by atoms with Crippen LogP contribution in [0.25, 0.3) is 11.2 Å². The van der Waals surface area contributed by atoms with Gasteiger partial charge in [0.15, 0.2) is 17.0 Å². The van der Waals surface area contributed by atoms with E-state index in [9.17, 15) is 0 Å². The Labute approximate surface area is 138 Å². The molecule has 0 saturated heterocycles. The average Bonchev–Trinajstić information content (AvgIpc) is 3.20. The van der Waals surface area contributed by atoms with Gasteiger partial charge in [0.2, 0.25) is 0 Å². The zero-order chi connectivity index (χ0) is 15.6. The summed E-state index contributed by atoms with van der Waals surface area (Å²) < 4.78 is 1.76.